The van der Waals surface area contributed by atoms with Crippen molar-refractivity contribution in [3.63, 3.8) is 0 Å². The van der Waals surface area contributed by atoms with Gasteiger partial charge in [0.2, 0.25) is 5.89 Å². The maximum absolute atomic E-state index is 12.9. The van der Waals surface area contributed by atoms with Crippen molar-refractivity contribution in [1.82, 2.24) is 15.2 Å². The van der Waals surface area contributed by atoms with E-state index in [0.717, 1.165) is 18.8 Å². The predicted molar refractivity (Wildman–Crippen MR) is 116 cm³/mol. The molecule has 0 saturated carbocycles. The van der Waals surface area contributed by atoms with Crippen molar-refractivity contribution in [3.8, 4) is 0 Å². The molecule has 7 nitrogen and oxygen atoms in total. The van der Waals surface area contributed by atoms with Gasteiger partial charge in [-0.1, -0.05) is 11.6 Å². The fraction of sp³-hybridized carbons (Fsp3) is 0.619. The fourth-order valence-corrected chi connectivity index (χ4v) is 3.94. The van der Waals surface area contributed by atoms with E-state index in [4.69, 9.17) is 25.7 Å². The minimum absolute atomic E-state index is 0.0308. The van der Waals surface area contributed by atoms with Gasteiger partial charge in [-0.15, -0.1) is 0 Å². The molecule has 1 unspecified atom stereocenters. The zero-order chi connectivity index (χ0) is 21.3. The maximum Gasteiger partial charge on any atom is 0.411 e. The molecule has 2 aromatic rings. The number of hydrogen-bond donors (Lipinski definition) is 1. The zero-order valence-corrected chi connectivity index (χ0v) is 18.8. The van der Waals surface area contributed by atoms with Gasteiger partial charge < -0.3 is 19.4 Å². The van der Waals surface area contributed by atoms with Crippen LogP contribution in [-0.2, 0) is 4.74 Å². The summed E-state index contributed by atoms with van der Waals surface area (Å²) in [5.74, 6) is 0.487. The number of amides is 1. The van der Waals surface area contributed by atoms with Gasteiger partial charge in [0.15, 0.2) is 5.58 Å². The number of ether oxygens (including phenoxy) is 1. The van der Waals surface area contributed by atoms with Gasteiger partial charge in [-0.25, -0.2) is 9.78 Å². The van der Waals surface area contributed by atoms with Gasteiger partial charge in [0, 0.05) is 37.2 Å². The van der Waals surface area contributed by atoms with Crippen molar-refractivity contribution in [1.29, 1.82) is 0 Å². The van der Waals surface area contributed by atoms with Gasteiger partial charge in [0.05, 0.1) is 5.69 Å². The third-order valence-corrected chi connectivity index (χ3v) is 5.28. The summed E-state index contributed by atoms with van der Waals surface area (Å²) in [6.45, 7) is 14.7. The zero-order valence-electron chi connectivity index (χ0n) is 18.1. The first-order valence-corrected chi connectivity index (χ1v) is 10.6. The Morgan fingerprint density at radius 2 is 2.07 bits per heavy atom. The van der Waals surface area contributed by atoms with Crippen LogP contribution < -0.4 is 10.2 Å². The van der Waals surface area contributed by atoms with E-state index in [-0.39, 0.29) is 18.2 Å². The van der Waals surface area contributed by atoms with E-state index in [2.05, 4.69) is 24.1 Å². The van der Waals surface area contributed by atoms with Gasteiger partial charge >= 0.3 is 6.09 Å². The molecular formula is C21H31ClN4O3. The van der Waals surface area contributed by atoms with Crippen LogP contribution in [-0.4, -0.2) is 53.8 Å². The summed E-state index contributed by atoms with van der Waals surface area (Å²) in [6.07, 6.45) is -0.361. The van der Waals surface area contributed by atoms with Crippen molar-refractivity contribution < 1.29 is 13.9 Å². The van der Waals surface area contributed by atoms with E-state index < -0.39 is 5.60 Å². The van der Waals surface area contributed by atoms with Crippen LogP contribution in [0.25, 0.3) is 11.1 Å². The Balaban J connectivity index is 2.04. The number of carbonyl (C=O) groups excluding carboxylic acids is 1. The van der Waals surface area contributed by atoms with Crippen LogP contribution in [0.5, 0.6) is 0 Å². The van der Waals surface area contributed by atoms with E-state index in [9.17, 15) is 4.79 Å². The fourth-order valence-electron chi connectivity index (χ4n) is 3.73. The number of piperazine rings is 1. The van der Waals surface area contributed by atoms with Crippen molar-refractivity contribution >= 4 is 34.5 Å². The molecule has 0 radical (unpaired) electrons. The lowest BCUT2D eigenvalue weighted by atomic mass is 10.1. The molecule has 1 fully saturated rings. The van der Waals surface area contributed by atoms with Crippen LogP contribution in [0.2, 0.25) is 5.02 Å². The lowest BCUT2D eigenvalue weighted by molar-refractivity contribution is 0.00267. The summed E-state index contributed by atoms with van der Waals surface area (Å²) in [5.41, 5.74) is 1.73. The van der Waals surface area contributed by atoms with Crippen molar-refractivity contribution in [2.45, 2.75) is 59.2 Å². The number of rotatable bonds is 4. The summed E-state index contributed by atoms with van der Waals surface area (Å²) in [4.78, 5) is 21.5. The molecule has 2 heterocycles. The number of nitrogens with zero attached hydrogens (tertiary/aromatic N) is 3. The highest BCUT2D eigenvalue weighted by Crippen LogP contribution is 2.36. The molecule has 0 spiro atoms. The number of carbonyl (C=O) groups is 1. The summed E-state index contributed by atoms with van der Waals surface area (Å²) in [5, 5.41) is 4.02. The Labute approximate surface area is 177 Å². The molecule has 1 aromatic heterocycles. The van der Waals surface area contributed by atoms with E-state index in [1.807, 2.05) is 33.8 Å². The molecule has 0 bridgehead atoms. The average Bonchev–Trinajstić information content (AvgIpc) is 3.04. The van der Waals surface area contributed by atoms with Crippen LogP contribution in [0.3, 0.4) is 0 Å². The molecule has 0 aliphatic carbocycles. The highest BCUT2D eigenvalue weighted by atomic mass is 35.5. The Kier molecular flexibility index (Phi) is 6.29. The second-order valence-electron chi connectivity index (χ2n) is 8.36. The summed E-state index contributed by atoms with van der Waals surface area (Å²) >= 11 is 6.35. The highest BCUT2D eigenvalue weighted by Gasteiger charge is 2.38. The van der Waals surface area contributed by atoms with Gasteiger partial charge in [-0.3, -0.25) is 4.90 Å². The van der Waals surface area contributed by atoms with E-state index in [1.54, 1.807) is 11.0 Å². The van der Waals surface area contributed by atoms with E-state index >= 15 is 0 Å². The monoisotopic (exact) mass is 422 g/mol. The maximum atomic E-state index is 12.9. The normalized spacial score (nSPS) is 20.2. The second kappa shape index (κ2) is 8.40. The molecule has 1 saturated heterocycles. The van der Waals surface area contributed by atoms with Crippen LogP contribution in [0, 0.1) is 0 Å². The molecule has 160 valence electrons. The Hall–Kier alpha value is -1.99. The number of fused-ring (bicyclic) bond motifs is 1. The third kappa shape index (κ3) is 4.61. The molecule has 1 amide bonds. The largest absolute Gasteiger partial charge is 0.444 e. The minimum atomic E-state index is -0.569. The lowest BCUT2D eigenvalue weighted by Crippen LogP contribution is -2.54. The first kappa shape index (κ1) is 21.7. The number of benzene rings is 1. The van der Waals surface area contributed by atoms with Gasteiger partial charge in [0.1, 0.15) is 17.2 Å². The summed E-state index contributed by atoms with van der Waals surface area (Å²) < 4.78 is 11.9. The standard InChI is InChI=1S/C21H31ClN4O3/c1-7-25(8-2)16-12-14(22)11-15-18(16)28-19(24-15)17-13(3)23-9-10-26(17)20(27)29-21(4,5)6/h11-13,17,23H,7-10H2,1-6H3/t13?,17-/m0/s1. The van der Waals surface area contributed by atoms with Crippen LogP contribution >= 0.6 is 11.6 Å². The Bertz CT molecular complexity index is 873. The molecule has 2 atom stereocenters. The molecule has 1 aromatic carbocycles. The number of hydrogen-bond acceptors (Lipinski definition) is 6. The van der Waals surface area contributed by atoms with Gasteiger partial charge in [0.25, 0.3) is 0 Å². The Morgan fingerprint density at radius 3 is 2.69 bits per heavy atom. The first-order chi connectivity index (χ1) is 13.6. The lowest BCUT2D eigenvalue weighted by Gasteiger charge is -2.39. The van der Waals surface area contributed by atoms with E-state index in [1.165, 1.54) is 0 Å². The highest BCUT2D eigenvalue weighted by molar-refractivity contribution is 6.31. The molecule has 1 N–H and O–H groups in total. The molecule has 8 heteroatoms. The van der Waals surface area contributed by atoms with Gasteiger partial charge in [-0.05, 0) is 53.7 Å². The van der Waals surface area contributed by atoms with E-state index in [0.29, 0.717) is 35.1 Å². The summed E-state index contributed by atoms with van der Waals surface area (Å²) in [6, 6.07) is 3.31. The topological polar surface area (TPSA) is 70.8 Å². The number of aromatic nitrogens is 1. The molecule has 3 rings (SSSR count). The third-order valence-electron chi connectivity index (χ3n) is 5.07. The van der Waals surface area contributed by atoms with Crippen LogP contribution in [0.1, 0.15) is 53.5 Å². The Morgan fingerprint density at radius 1 is 1.38 bits per heavy atom. The molecule has 1 aliphatic rings. The quantitative estimate of drug-likeness (QED) is 0.776. The second-order valence-corrected chi connectivity index (χ2v) is 8.80. The van der Waals surface area contributed by atoms with Crippen LogP contribution in [0.4, 0.5) is 10.5 Å². The van der Waals surface area contributed by atoms with Crippen molar-refractivity contribution in [2.24, 2.45) is 0 Å². The first-order valence-electron chi connectivity index (χ1n) is 10.2. The molecule has 1 aliphatic heterocycles. The SMILES string of the molecule is CCN(CC)c1cc(Cl)cc2nc([C@@H]3C(C)NCCN3C(=O)OC(C)(C)C)oc12. The van der Waals surface area contributed by atoms with Crippen molar-refractivity contribution in [3.05, 3.63) is 23.0 Å². The van der Waals surface area contributed by atoms with Gasteiger partial charge in [-0.2, -0.15) is 0 Å². The predicted octanol–water partition coefficient (Wildman–Crippen LogP) is 4.60. The minimum Gasteiger partial charge on any atom is -0.444 e. The van der Waals surface area contributed by atoms with Crippen LogP contribution in [0.15, 0.2) is 16.5 Å². The summed E-state index contributed by atoms with van der Waals surface area (Å²) in [7, 11) is 0. The number of nitrogens with one attached hydrogen (secondary N) is 1. The smallest absolute Gasteiger partial charge is 0.411 e. The number of anilines is 1. The number of halogens is 1. The van der Waals surface area contributed by atoms with Crippen molar-refractivity contribution in [2.75, 3.05) is 31.1 Å². The molecular weight excluding hydrogens is 392 g/mol. The average molecular weight is 423 g/mol. The number of oxazole rings is 1. The molecule has 29 heavy (non-hydrogen) atoms.